The van der Waals surface area contributed by atoms with Crippen molar-refractivity contribution in [1.82, 2.24) is 19.5 Å². The van der Waals surface area contributed by atoms with Gasteiger partial charge in [-0.25, -0.2) is 4.79 Å². The molecule has 0 bridgehead atoms. The largest absolute Gasteiger partial charge is 0.493 e. The molecule has 0 atom stereocenters. The zero-order valence-corrected chi connectivity index (χ0v) is 31.5. The molecule has 0 unspecified atom stereocenters. The monoisotopic (exact) mass is 759 g/mol. The molecule has 2 N–H and O–H groups in total. The minimum absolute atomic E-state index is 0.231. The average molecular weight is 760 g/mol. The van der Waals surface area contributed by atoms with E-state index in [4.69, 9.17) is 28.4 Å². The number of fused-ring (bicyclic) bond motifs is 4. The van der Waals surface area contributed by atoms with E-state index in [0.29, 0.717) is 34.5 Å². The molecule has 0 spiro atoms. The van der Waals surface area contributed by atoms with Gasteiger partial charge >= 0.3 is 6.03 Å². The van der Waals surface area contributed by atoms with E-state index in [1.54, 1.807) is 57.7 Å². The summed E-state index contributed by atoms with van der Waals surface area (Å²) in [6, 6.07) is 35.6. The van der Waals surface area contributed by atoms with E-state index in [1.807, 2.05) is 115 Å². The second kappa shape index (κ2) is 15.9. The fraction of sp³-hybridized carbons (Fsp3) is 0.0889. The smallest absolute Gasteiger partial charge is 0.330 e. The summed E-state index contributed by atoms with van der Waals surface area (Å²) >= 11 is 0. The van der Waals surface area contributed by atoms with Crippen LogP contribution in [0.3, 0.4) is 0 Å². The summed E-state index contributed by atoms with van der Waals surface area (Å²) in [5, 5.41) is 6.55. The fourth-order valence-corrected chi connectivity index (χ4v) is 6.49. The van der Waals surface area contributed by atoms with E-state index in [-0.39, 0.29) is 6.03 Å². The minimum Gasteiger partial charge on any atom is -0.493 e. The number of rotatable bonds is 9. The van der Waals surface area contributed by atoms with Crippen molar-refractivity contribution in [3.05, 3.63) is 140 Å². The number of carbonyl (C=O) groups is 1. The molecule has 0 saturated carbocycles. The molecule has 0 aliphatic carbocycles. The Bertz CT molecular complexity index is 2870. The molecule has 0 aliphatic rings. The molecule has 284 valence electrons. The van der Waals surface area contributed by atoms with E-state index in [0.717, 1.165) is 60.8 Å². The van der Waals surface area contributed by atoms with Crippen molar-refractivity contribution in [3.63, 3.8) is 0 Å². The molecule has 12 heteroatoms. The van der Waals surface area contributed by atoms with Gasteiger partial charge in [-0.05, 0) is 84.9 Å². The molecule has 0 fully saturated rings. The van der Waals surface area contributed by atoms with Crippen LogP contribution in [-0.2, 0) is 0 Å². The molecular formula is C45H37N5O7. The van der Waals surface area contributed by atoms with Crippen LogP contribution in [0.15, 0.2) is 140 Å². The van der Waals surface area contributed by atoms with Gasteiger partial charge in [-0.2, -0.15) is 0 Å². The summed E-state index contributed by atoms with van der Waals surface area (Å²) in [7, 11) is 6.40. The van der Waals surface area contributed by atoms with E-state index < -0.39 is 0 Å². The van der Waals surface area contributed by atoms with Crippen molar-refractivity contribution in [3.8, 4) is 46.0 Å². The van der Waals surface area contributed by atoms with Gasteiger partial charge in [0.2, 0.25) is 0 Å². The summed E-state index contributed by atoms with van der Waals surface area (Å²) < 4.78 is 35.4. The van der Waals surface area contributed by atoms with Crippen molar-refractivity contribution in [2.75, 3.05) is 33.8 Å². The number of para-hydroxylation sites is 1. The number of nitrogens with zero attached hydrogens (tertiary/aromatic N) is 3. The van der Waals surface area contributed by atoms with Crippen molar-refractivity contribution in [1.29, 1.82) is 0 Å². The van der Waals surface area contributed by atoms with Crippen LogP contribution in [0.4, 0.5) is 10.5 Å². The summed E-state index contributed by atoms with van der Waals surface area (Å²) in [5.74, 6) is 5.26. The molecule has 0 radical (unpaired) electrons. The lowest BCUT2D eigenvalue weighted by molar-refractivity contribution is 0.254. The van der Waals surface area contributed by atoms with Crippen LogP contribution in [0.2, 0.25) is 0 Å². The predicted molar refractivity (Wildman–Crippen MR) is 221 cm³/mol. The topological polar surface area (TPSA) is 131 Å². The Balaban J connectivity index is 0.000000168. The third-order valence-corrected chi connectivity index (χ3v) is 9.30. The van der Waals surface area contributed by atoms with Crippen LogP contribution in [0.1, 0.15) is 0 Å². The molecule has 12 nitrogen and oxygen atoms in total. The maximum absolute atomic E-state index is 12.7. The van der Waals surface area contributed by atoms with E-state index >= 15 is 0 Å². The lowest BCUT2D eigenvalue weighted by Crippen LogP contribution is -2.18. The lowest BCUT2D eigenvalue weighted by atomic mass is 10.1. The molecular weight excluding hydrogens is 723 g/mol. The fourth-order valence-electron chi connectivity index (χ4n) is 6.49. The Morgan fingerprint density at radius 3 is 1.74 bits per heavy atom. The molecule has 4 aromatic heterocycles. The number of carbonyl (C=O) groups excluding carboxylic acids is 1. The maximum Gasteiger partial charge on any atom is 0.330 e. The van der Waals surface area contributed by atoms with E-state index in [9.17, 15) is 4.79 Å². The number of pyridine rings is 2. The predicted octanol–water partition coefficient (Wildman–Crippen LogP) is 10.6. The summed E-state index contributed by atoms with van der Waals surface area (Å²) in [5.41, 5.74) is 4.11. The summed E-state index contributed by atoms with van der Waals surface area (Å²) in [6.45, 7) is 0. The Labute approximate surface area is 327 Å². The maximum atomic E-state index is 12.7. The van der Waals surface area contributed by atoms with E-state index in [2.05, 4.69) is 20.3 Å². The first-order valence-corrected chi connectivity index (χ1v) is 17.9. The standard InChI is InChI=1S/C26H21N3O4.C19H16N2O3/c1-31-24-15-20-21(16-25(24)32-2)27-12-10-23(20)33-19-8-9-22-17(14-19)11-13-29(22)26(30)28-18-6-4-3-5-7-18;1-22-18-10-14-16(11-19(18)23-2)21-8-6-17(14)24-13-3-4-15-12(9-13)5-7-20-15/h3-16H,1-2H3,(H,28,30);3-11,20H,1-2H3. The SMILES string of the molecule is COc1cc2nccc(Oc3ccc4[nH]ccc4c3)c2cc1OC.COc1cc2nccc(Oc3ccc4c(ccn4C(=O)Nc4ccccc4)c3)c2cc1OC. The highest BCUT2D eigenvalue weighted by Crippen LogP contribution is 2.39. The van der Waals surface area contributed by atoms with Gasteiger partial charge < -0.3 is 38.7 Å². The second-order valence-electron chi connectivity index (χ2n) is 12.7. The first-order valence-electron chi connectivity index (χ1n) is 17.9. The number of anilines is 1. The highest BCUT2D eigenvalue weighted by molar-refractivity contribution is 5.99. The first kappa shape index (κ1) is 36.3. The molecule has 5 aromatic carbocycles. The molecule has 0 saturated heterocycles. The van der Waals surface area contributed by atoms with Crippen LogP contribution in [0.25, 0.3) is 43.6 Å². The average Bonchev–Trinajstić information content (AvgIpc) is 3.90. The number of ether oxygens (including phenoxy) is 6. The van der Waals surface area contributed by atoms with Crippen molar-refractivity contribution in [2.45, 2.75) is 0 Å². The van der Waals surface area contributed by atoms with E-state index in [1.165, 1.54) is 0 Å². The second-order valence-corrected chi connectivity index (χ2v) is 12.7. The van der Waals surface area contributed by atoms with Gasteiger partial charge in [-0.3, -0.25) is 14.5 Å². The Kier molecular flexibility index (Phi) is 10.1. The molecule has 4 heterocycles. The number of amides is 1. The van der Waals surface area contributed by atoms with Crippen molar-refractivity contribution in [2.24, 2.45) is 0 Å². The van der Waals surface area contributed by atoms with Gasteiger partial charge in [0.05, 0.1) is 45.0 Å². The van der Waals surface area contributed by atoms with Crippen LogP contribution < -0.4 is 33.7 Å². The number of methoxy groups -OCH3 is 4. The first-order chi connectivity index (χ1) is 27.9. The number of aromatic amines is 1. The normalized spacial score (nSPS) is 10.9. The Hall–Kier alpha value is -7.73. The molecule has 1 amide bonds. The van der Waals surface area contributed by atoms with Crippen LogP contribution >= 0.6 is 0 Å². The highest BCUT2D eigenvalue weighted by Gasteiger charge is 2.15. The number of hydrogen-bond acceptors (Lipinski definition) is 9. The third-order valence-electron chi connectivity index (χ3n) is 9.30. The third kappa shape index (κ3) is 7.51. The number of aromatic nitrogens is 4. The zero-order chi connectivity index (χ0) is 39.3. The summed E-state index contributed by atoms with van der Waals surface area (Å²) in [4.78, 5) is 24.7. The van der Waals surface area contributed by atoms with Gasteiger partial charge in [0, 0.05) is 69.7 Å². The Morgan fingerprint density at radius 2 is 1.14 bits per heavy atom. The van der Waals surface area contributed by atoms with Gasteiger partial charge in [-0.15, -0.1) is 0 Å². The highest BCUT2D eigenvalue weighted by atomic mass is 16.5. The minimum atomic E-state index is -0.231. The van der Waals surface area contributed by atoms with Crippen LogP contribution in [-0.4, -0.2) is 54.0 Å². The zero-order valence-electron chi connectivity index (χ0n) is 31.5. The van der Waals surface area contributed by atoms with Crippen molar-refractivity contribution < 1.29 is 33.2 Å². The van der Waals surface area contributed by atoms with Crippen LogP contribution in [0, 0.1) is 0 Å². The molecule has 57 heavy (non-hydrogen) atoms. The van der Waals surface area contributed by atoms with Crippen LogP contribution in [0.5, 0.6) is 46.0 Å². The molecule has 0 aliphatic heterocycles. The summed E-state index contributed by atoms with van der Waals surface area (Å²) in [6.07, 6.45) is 7.06. The molecule has 9 rings (SSSR count). The van der Waals surface area contributed by atoms with Gasteiger partial charge in [0.15, 0.2) is 23.0 Å². The number of nitrogens with one attached hydrogen (secondary N) is 2. The number of H-pyrrole nitrogens is 1. The van der Waals surface area contributed by atoms with Crippen molar-refractivity contribution >= 4 is 55.3 Å². The number of benzene rings is 5. The molecule has 9 aromatic rings. The quantitative estimate of drug-likeness (QED) is 0.148. The van der Waals surface area contributed by atoms with Gasteiger partial charge in [0.25, 0.3) is 0 Å². The Morgan fingerprint density at radius 1 is 0.579 bits per heavy atom. The number of hydrogen-bond donors (Lipinski definition) is 2. The van der Waals surface area contributed by atoms with Gasteiger partial charge in [0.1, 0.15) is 23.0 Å². The van der Waals surface area contributed by atoms with Gasteiger partial charge in [-0.1, -0.05) is 18.2 Å². The lowest BCUT2D eigenvalue weighted by Gasteiger charge is -2.12.